The van der Waals surface area contributed by atoms with Crippen molar-refractivity contribution in [3.63, 3.8) is 0 Å². The second-order valence-electron chi connectivity index (χ2n) is 11.1. The number of nitrogens with one attached hydrogen (secondary N) is 2. The normalized spacial score (nSPS) is 10.9. The van der Waals surface area contributed by atoms with E-state index < -0.39 is 0 Å². The molecule has 2 aromatic carbocycles. The van der Waals surface area contributed by atoms with E-state index in [0.717, 1.165) is 11.4 Å². The van der Waals surface area contributed by atoms with Crippen molar-refractivity contribution in [2.45, 2.75) is 13.8 Å². The third-order valence-corrected chi connectivity index (χ3v) is 7.21. The highest BCUT2D eigenvalue weighted by Crippen LogP contribution is 2.16. The predicted octanol–water partition coefficient (Wildman–Crippen LogP) is -0.530. The van der Waals surface area contributed by atoms with Gasteiger partial charge in [0.2, 0.25) is 18.2 Å². The van der Waals surface area contributed by atoms with E-state index in [1.807, 2.05) is 62.4 Å². The number of benzene rings is 2. The fraction of sp³-hybridized carbons (Fsp3) is 0.485. The van der Waals surface area contributed by atoms with Crippen LogP contribution in [0, 0.1) is 13.8 Å². The van der Waals surface area contributed by atoms with Gasteiger partial charge in [-0.3, -0.25) is 14.4 Å². The van der Waals surface area contributed by atoms with Gasteiger partial charge >= 0.3 is 0 Å². The zero-order valence-corrected chi connectivity index (χ0v) is 29.8. The van der Waals surface area contributed by atoms with Crippen LogP contribution in [0.5, 0.6) is 11.5 Å². The smallest absolute Gasteiger partial charge is 0.246 e. The number of nitrogens with zero attached hydrogens (tertiary/aromatic N) is 9. The van der Waals surface area contributed by atoms with Crippen molar-refractivity contribution in [2.24, 2.45) is 0 Å². The summed E-state index contributed by atoms with van der Waals surface area (Å²) in [6.45, 7) is 6.87. The first-order valence-electron chi connectivity index (χ1n) is 16.9. The van der Waals surface area contributed by atoms with Crippen LogP contribution in [-0.2, 0) is 33.3 Å². The van der Waals surface area contributed by atoms with Gasteiger partial charge in [-0.05, 0) is 83.2 Å². The van der Waals surface area contributed by atoms with Crippen molar-refractivity contribution >= 4 is 18.2 Å². The minimum absolute atomic E-state index is 0.137. The van der Waals surface area contributed by atoms with Gasteiger partial charge in [-0.25, -0.2) is 0 Å². The number of hydrogen-bond acceptors (Lipinski definition) is 15. The van der Waals surface area contributed by atoms with E-state index in [-0.39, 0.29) is 64.4 Å². The quantitative estimate of drug-likeness (QED) is 0.0580. The zero-order chi connectivity index (χ0) is 37.5. The second kappa shape index (κ2) is 23.1. The summed E-state index contributed by atoms with van der Waals surface area (Å²) >= 11 is 0. The molecule has 20 heteroatoms. The van der Waals surface area contributed by atoms with Gasteiger partial charge in [0.25, 0.3) is 0 Å². The molecule has 0 radical (unpaired) electrons. The first-order chi connectivity index (χ1) is 25.9. The van der Waals surface area contributed by atoms with Crippen molar-refractivity contribution < 1.29 is 42.8 Å². The maximum absolute atomic E-state index is 12.0. The Balaban J connectivity index is 0.903. The van der Waals surface area contributed by atoms with Crippen molar-refractivity contribution in [1.82, 2.24) is 55.9 Å². The molecule has 4 aromatic rings. The fourth-order valence-electron chi connectivity index (χ4n) is 4.51. The predicted molar refractivity (Wildman–Crippen MR) is 186 cm³/mol. The topological polar surface area (TPSA) is 221 Å². The molecule has 2 aromatic heterocycles. The van der Waals surface area contributed by atoms with Crippen LogP contribution in [-0.4, -0.2) is 156 Å². The Hall–Kier alpha value is -5.57. The van der Waals surface area contributed by atoms with Gasteiger partial charge in [-0.1, -0.05) is 0 Å². The van der Waals surface area contributed by atoms with E-state index in [4.69, 9.17) is 28.4 Å². The number of ether oxygens (including phenoxy) is 6. The fourth-order valence-corrected chi connectivity index (χ4v) is 4.51. The number of tetrazole rings is 2. The number of carbonyl (C=O) groups is 3. The molecule has 0 atom stereocenters. The van der Waals surface area contributed by atoms with Crippen LogP contribution in [0.15, 0.2) is 48.5 Å². The SMILES string of the molecule is Cc1nnnn1-c1ccc(OCCOCCOCC(=O)NCCN(C=O)CCNC(=O)COCCOCCOc2ccc(-n3nnnc3C)cc2)cc1. The van der Waals surface area contributed by atoms with Crippen LogP contribution in [0.3, 0.4) is 0 Å². The molecule has 20 nitrogen and oxygen atoms in total. The number of aryl methyl sites for hydroxylation is 2. The average molecular weight is 740 g/mol. The Morgan fingerprint density at radius 3 is 1.40 bits per heavy atom. The van der Waals surface area contributed by atoms with Gasteiger partial charge in [0.05, 0.1) is 51.0 Å². The van der Waals surface area contributed by atoms with Crippen molar-refractivity contribution in [3.8, 4) is 22.9 Å². The summed E-state index contributed by atoms with van der Waals surface area (Å²) in [5.41, 5.74) is 1.66. The summed E-state index contributed by atoms with van der Waals surface area (Å²) in [4.78, 5) is 36.9. The molecule has 0 saturated heterocycles. The number of carbonyl (C=O) groups excluding carboxylic acids is 3. The van der Waals surface area contributed by atoms with Crippen molar-refractivity contribution in [2.75, 3.05) is 92.2 Å². The van der Waals surface area contributed by atoms with E-state index >= 15 is 0 Å². The molecule has 2 heterocycles. The molecular formula is C33H45N11O9. The van der Waals surface area contributed by atoms with Crippen LogP contribution < -0.4 is 20.1 Å². The molecular weight excluding hydrogens is 694 g/mol. The maximum Gasteiger partial charge on any atom is 0.246 e. The van der Waals surface area contributed by atoms with E-state index in [9.17, 15) is 14.4 Å². The first-order valence-corrected chi connectivity index (χ1v) is 16.9. The summed E-state index contributed by atoms with van der Waals surface area (Å²) in [6.07, 6.45) is 0.659. The second-order valence-corrected chi connectivity index (χ2v) is 11.1. The summed E-state index contributed by atoms with van der Waals surface area (Å²) in [7, 11) is 0. The lowest BCUT2D eigenvalue weighted by atomic mass is 10.3. The van der Waals surface area contributed by atoms with Crippen LogP contribution in [0.2, 0.25) is 0 Å². The van der Waals surface area contributed by atoms with Crippen molar-refractivity contribution in [3.05, 3.63) is 60.2 Å². The monoisotopic (exact) mass is 739 g/mol. The molecule has 0 saturated carbocycles. The van der Waals surface area contributed by atoms with Gasteiger partial charge in [0.1, 0.15) is 37.9 Å². The molecule has 0 spiro atoms. The minimum Gasteiger partial charge on any atom is -0.491 e. The van der Waals surface area contributed by atoms with Crippen LogP contribution in [0.1, 0.15) is 11.6 Å². The summed E-state index contributed by atoms with van der Waals surface area (Å²) in [5.74, 6) is 2.12. The number of amides is 3. The Morgan fingerprint density at radius 1 is 0.623 bits per heavy atom. The van der Waals surface area contributed by atoms with E-state index in [1.165, 1.54) is 4.90 Å². The number of hydrogen-bond donors (Lipinski definition) is 2. The molecule has 3 amide bonds. The summed E-state index contributed by atoms with van der Waals surface area (Å²) in [6, 6.07) is 14.7. The lowest BCUT2D eigenvalue weighted by molar-refractivity contribution is -0.127. The highest BCUT2D eigenvalue weighted by Gasteiger charge is 2.08. The Labute approximate surface area is 306 Å². The lowest BCUT2D eigenvalue weighted by Gasteiger charge is -2.18. The van der Waals surface area contributed by atoms with E-state index in [2.05, 4.69) is 41.7 Å². The van der Waals surface area contributed by atoms with Crippen molar-refractivity contribution in [1.29, 1.82) is 0 Å². The van der Waals surface area contributed by atoms with Gasteiger partial charge < -0.3 is 44.0 Å². The summed E-state index contributed by atoms with van der Waals surface area (Å²) < 4.78 is 36.2. The number of rotatable bonds is 27. The molecule has 0 aliphatic heterocycles. The molecule has 0 aliphatic carbocycles. The first kappa shape index (κ1) is 40.2. The van der Waals surface area contributed by atoms with Gasteiger partial charge in [0, 0.05) is 26.2 Å². The lowest BCUT2D eigenvalue weighted by Crippen LogP contribution is -2.40. The van der Waals surface area contributed by atoms with Gasteiger partial charge in [0.15, 0.2) is 11.6 Å². The van der Waals surface area contributed by atoms with Crippen LogP contribution in [0.4, 0.5) is 0 Å². The van der Waals surface area contributed by atoms with Crippen LogP contribution >= 0.6 is 0 Å². The zero-order valence-electron chi connectivity index (χ0n) is 29.8. The highest BCUT2D eigenvalue weighted by atomic mass is 16.6. The van der Waals surface area contributed by atoms with E-state index in [1.54, 1.807) is 9.36 Å². The highest BCUT2D eigenvalue weighted by molar-refractivity contribution is 5.77. The Kier molecular flexibility index (Phi) is 17.5. The standard InChI is InChI=1S/C33H45N11O9/c1-26-36-38-40-43(26)28-3-7-30(8-4-28)52-21-19-48-15-17-50-23-32(46)34-11-13-42(25-45)14-12-35-33(47)24-51-18-16-49-20-22-53-31-9-5-29(6-10-31)44-27(2)37-39-41-44/h3-10,25H,11-24H2,1-2H3,(H,34,46)(H,35,47). The molecule has 53 heavy (non-hydrogen) atoms. The maximum atomic E-state index is 12.0. The third kappa shape index (κ3) is 14.9. The molecule has 0 fully saturated rings. The van der Waals surface area contributed by atoms with E-state index in [0.29, 0.717) is 69.2 Å². The summed E-state index contributed by atoms with van der Waals surface area (Å²) in [5, 5.41) is 28.2. The van der Waals surface area contributed by atoms with Gasteiger partial charge in [-0.15, -0.1) is 10.2 Å². The molecule has 4 rings (SSSR count). The van der Waals surface area contributed by atoms with Crippen LogP contribution in [0.25, 0.3) is 11.4 Å². The largest absolute Gasteiger partial charge is 0.491 e. The average Bonchev–Trinajstić information content (AvgIpc) is 3.81. The molecule has 0 aliphatic rings. The molecule has 2 N–H and O–H groups in total. The third-order valence-electron chi connectivity index (χ3n) is 7.21. The molecule has 286 valence electrons. The number of aromatic nitrogens is 8. The Bertz CT molecular complexity index is 1530. The molecule has 0 bridgehead atoms. The molecule has 0 unspecified atom stereocenters. The Morgan fingerprint density at radius 2 is 1.02 bits per heavy atom. The van der Waals surface area contributed by atoms with Gasteiger partial charge in [-0.2, -0.15) is 9.36 Å². The minimum atomic E-state index is -0.315.